The molecule has 1 amide bonds. The van der Waals surface area contributed by atoms with Crippen LogP contribution in [0.25, 0.3) is 0 Å². The fourth-order valence-corrected chi connectivity index (χ4v) is 3.00. The number of amides is 1. The van der Waals surface area contributed by atoms with E-state index in [9.17, 15) is 4.79 Å². The van der Waals surface area contributed by atoms with Crippen LogP contribution in [0.15, 0.2) is 23.1 Å². The first-order chi connectivity index (χ1) is 10.1. The Morgan fingerprint density at radius 3 is 2.76 bits per heavy atom. The maximum atomic E-state index is 11.9. The molecule has 0 unspecified atom stereocenters. The second-order valence-electron chi connectivity index (χ2n) is 3.98. The van der Waals surface area contributed by atoms with Crippen LogP contribution in [-0.4, -0.2) is 36.1 Å². The van der Waals surface area contributed by atoms with Gasteiger partial charge in [-0.1, -0.05) is 11.3 Å². The van der Waals surface area contributed by atoms with Crippen LogP contribution in [0.2, 0.25) is 0 Å². The Balaban J connectivity index is 1.97. The minimum absolute atomic E-state index is 0.138. The van der Waals surface area contributed by atoms with Crippen LogP contribution in [-0.2, 0) is 4.79 Å². The third kappa shape index (κ3) is 4.33. The van der Waals surface area contributed by atoms with E-state index in [-0.39, 0.29) is 11.7 Å². The summed E-state index contributed by atoms with van der Waals surface area (Å²) < 4.78 is 10.4. The Bertz CT molecular complexity index is 631. The number of hydrogen-bond donors (Lipinski definition) is 1. The fraction of sp³-hybridized carbons (Fsp3) is 0.308. The van der Waals surface area contributed by atoms with Gasteiger partial charge in [-0.3, -0.25) is 10.1 Å². The molecule has 0 aliphatic heterocycles. The highest BCUT2D eigenvalue weighted by Gasteiger charge is 2.10. The van der Waals surface area contributed by atoms with Crippen molar-refractivity contribution in [3.05, 3.63) is 23.2 Å². The van der Waals surface area contributed by atoms with E-state index >= 15 is 0 Å². The van der Waals surface area contributed by atoms with Gasteiger partial charge in [-0.2, -0.15) is 0 Å². The van der Waals surface area contributed by atoms with E-state index in [0.29, 0.717) is 10.9 Å². The van der Waals surface area contributed by atoms with Crippen molar-refractivity contribution >= 4 is 34.1 Å². The molecule has 1 aromatic heterocycles. The van der Waals surface area contributed by atoms with Gasteiger partial charge < -0.3 is 9.47 Å². The normalized spacial score (nSPS) is 10.2. The highest BCUT2D eigenvalue weighted by Crippen LogP contribution is 2.32. The maximum Gasteiger partial charge on any atom is 0.236 e. The second-order valence-corrected chi connectivity index (χ2v) is 6.18. The third-order valence-electron chi connectivity index (χ3n) is 2.50. The lowest BCUT2D eigenvalue weighted by molar-refractivity contribution is -0.113. The first-order valence-corrected chi connectivity index (χ1v) is 7.87. The lowest BCUT2D eigenvalue weighted by Gasteiger charge is -2.09. The number of aromatic nitrogens is 2. The van der Waals surface area contributed by atoms with E-state index < -0.39 is 0 Å². The summed E-state index contributed by atoms with van der Waals surface area (Å²) in [4.78, 5) is 12.7. The second kappa shape index (κ2) is 7.28. The number of anilines is 1. The van der Waals surface area contributed by atoms with E-state index in [2.05, 4.69) is 15.5 Å². The molecule has 0 aliphatic rings. The number of benzene rings is 1. The topological polar surface area (TPSA) is 73.3 Å². The molecule has 0 saturated heterocycles. The van der Waals surface area contributed by atoms with Crippen molar-refractivity contribution in [1.29, 1.82) is 0 Å². The van der Waals surface area contributed by atoms with Crippen LogP contribution < -0.4 is 14.8 Å². The van der Waals surface area contributed by atoms with Gasteiger partial charge in [0.05, 0.1) is 24.9 Å². The number of aryl methyl sites for hydroxylation is 1. The lowest BCUT2D eigenvalue weighted by atomic mass is 10.3. The van der Waals surface area contributed by atoms with Gasteiger partial charge in [0.25, 0.3) is 0 Å². The zero-order valence-electron chi connectivity index (χ0n) is 11.9. The monoisotopic (exact) mass is 325 g/mol. The van der Waals surface area contributed by atoms with Crippen LogP contribution in [0, 0.1) is 6.92 Å². The van der Waals surface area contributed by atoms with Crippen molar-refractivity contribution < 1.29 is 14.3 Å². The molecule has 0 fully saturated rings. The van der Waals surface area contributed by atoms with E-state index in [0.717, 1.165) is 15.7 Å². The third-order valence-corrected chi connectivity index (χ3v) is 4.29. The lowest BCUT2D eigenvalue weighted by Crippen LogP contribution is -2.13. The molecule has 21 heavy (non-hydrogen) atoms. The Labute approximate surface area is 130 Å². The van der Waals surface area contributed by atoms with Crippen molar-refractivity contribution in [3.63, 3.8) is 0 Å². The quantitative estimate of drug-likeness (QED) is 0.823. The van der Waals surface area contributed by atoms with E-state index in [1.807, 2.05) is 25.1 Å². The maximum absolute atomic E-state index is 11.9. The summed E-state index contributed by atoms with van der Waals surface area (Å²) in [6.07, 6.45) is 0. The number of rotatable bonds is 6. The van der Waals surface area contributed by atoms with Crippen molar-refractivity contribution in [2.75, 3.05) is 25.3 Å². The summed E-state index contributed by atoms with van der Waals surface area (Å²) in [5, 5.41) is 11.7. The predicted molar refractivity (Wildman–Crippen MR) is 83.5 cm³/mol. The average molecular weight is 325 g/mol. The van der Waals surface area contributed by atoms with Crippen molar-refractivity contribution in [2.24, 2.45) is 0 Å². The number of nitrogens with one attached hydrogen (secondary N) is 1. The molecule has 1 N–H and O–H groups in total. The van der Waals surface area contributed by atoms with Gasteiger partial charge in [-0.15, -0.1) is 22.0 Å². The molecule has 0 spiro atoms. The molecule has 0 atom stereocenters. The van der Waals surface area contributed by atoms with Crippen LogP contribution in [0.1, 0.15) is 5.01 Å². The number of nitrogens with zero attached hydrogens (tertiary/aromatic N) is 2. The summed E-state index contributed by atoms with van der Waals surface area (Å²) in [6, 6.07) is 5.46. The van der Waals surface area contributed by atoms with Gasteiger partial charge in [0.15, 0.2) is 0 Å². The molecular formula is C13H15N3O3S2. The summed E-state index contributed by atoms with van der Waals surface area (Å²) in [6.45, 7) is 1.84. The molecule has 1 aromatic carbocycles. The van der Waals surface area contributed by atoms with Crippen molar-refractivity contribution in [3.8, 4) is 11.5 Å². The standard InChI is InChI=1S/C13H15N3O3S2/c1-8-15-16-13(21-8)14-12(17)7-20-11-6-9(18-2)4-5-10(11)19-3/h4-6H,7H2,1-3H3,(H,14,16,17). The highest BCUT2D eigenvalue weighted by atomic mass is 32.2. The van der Waals surface area contributed by atoms with Crippen molar-refractivity contribution in [1.82, 2.24) is 10.2 Å². The van der Waals surface area contributed by atoms with Gasteiger partial charge in [-0.25, -0.2) is 0 Å². The largest absolute Gasteiger partial charge is 0.497 e. The number of ether oxygens (including phenoxy) is 2. The number of carbonyl (C=O) groups is 1. The summed E-state index contributed by atoms with van der Waals surface area (Å²) in [5.41, 5.74) is 0. The Hall–Kier alpha value is -1.80. The molecule has 2 rings (SSSR count). The molecule has 0 aliphatic carbocycles. The van der Waals surface area contributed by atoms with E-state index in [4.69, 9.17) is 9.47 Å². The number of methoxy groups -OCH3 is 2. The molecule has 8 heteroatoms. The molecule has 0 radical (unpaired) electrons. The summed E-state index contributed by atoms with van der Waals surface area (Å²) in [5.74, 6) is 1.54. The SMILES string of the molecule is COc1ccc(OC)c(SCC(=O)Nc2nnc(C)s2)c1. The van der Waals surface area contributed by atoms with Crippen LogP contribution in [0.5, 0.6) is 11.5 Å². The van der Waals surface area contributed by atoms with Gasteiger partial charge in [-0.05, 0) is 25.1 Å². The molecule has 0 bridgehead atoms. The van der Waals surface area contributed by atoms with Gasteiger partial charge in [0.1, 0.15) is 16.5 Å². The first kappa shape index (κ1) is 15.6. The Morgan fingerprint density at radius 1 is 1.33 bits per heavy atom. The molecule has 1 heterocycles. The van der Waals surface area contributed by atoms with Crippen LogP contribution >= 0.6 is 23.1 Å². The van der Waals surface area contributed by atoms with Gasteiger partial charge in [0.2, 0.25) is 11.0 Å². The van der Waals surface area contributed by atoms with Gasteiger partial charge in [0, 0.05) is 0 Å². The number of thioether (sulfide) groups is 1. The zero-order chi connectivity index (χ0) is 15.2. The van der Waals surface area contributed by atoms with Crippen molar-refractivity contribution in [2.45, 2.75) is 11.8 Å². The number of hydrogen-bond acceptors (Lipinski definition) is 7. The molecule has 0 saturated carbocycles. The first-order valence-electron chi connectivity index (χ1n) is 6.07. The molecular weight excluding hydrogens is 310 g/mol. The smallest absolute Gasteiger partial charge is 0.236 e. The van der Waals surface area contributed by atoms with Crippen LogP contribution in [0.3, 0.4) is 0 Å². The van der Waals surface area contributed by atoms with Crippen LogP contribution in [0.4, 0.5) is 5.13 Å². The highest BCUT2D eigenvalue weighted by molar-refractivity contribution is 8.00. The predicted octanol–water partition coefficient (Wildman–Crippen LogP) is 2.59. The van der Waals surface area contributed by atoms with E-state index in [1.165, 1.54) is 23.1 Å². The zero-order valence-corrected chi connectivity index (χ0v) is 13.5. The summed E-state index contributed by atoms with van der Waals surface area (Å²) in [7, 11) is 3.19. The average Bonchev–Trinajstić information content (AvgIpc) is 2.89. The number of carbonyl (C=O) groups excluding carboxylic acids is 1. The van der Waals surface area contributed by atoms with E-state index in [1.54, 1.807) is 14.2 Å². The molecule has 2 aromatic rings. The molecule has 6 nitrogen and oxygen atoms in total. The van der Waals surface area contributed by atoms with Gasteiger partial charge >= 0.3 is 0 Å². The minimum Gasteiger partial charge on any atom is -0.497 e. The fourth-order valence-electron chi connectivity index (χ4n) is 1.54. The summed E-state index contributed by atoms with van der Waals surface area (Å²) >= 11 is 2.72. The Morgan fingerprint density at radius 2 is 2.14 bits per heavy atom. The minimum atomic E-state index is -0.138. The molecule has 112 valence electrons. The Kier molecular flexibility index (Phi) is 5.40.